The quantitative estimate of drug-likeness (QED) is 0.412. The molecule has 4 heteroatoms. The Bertz CT molecular complexity index is 1240. The van der Waals surface area contributed by atoms with E-state index in [1.807, 2.05) is 25.1 Å². The summed E-state index contributed by atoms with van der Waals surface area (Å²) in [5.41, 5.74) is 2.87. The van der Waals surface area contributed by atoms with E-state index in [1.165, 1.54) is 6.26 Å². The van der Waals surface area contributed by atoms with Gasteiger partial charge in [-0.15, -0.1) is 0 Å². The minimum Gasteiger partial charge on any atom is -0.507 e. The predicted octanol–water partition coefficient (Wildman–Crippen LogP) is 5.21. The van der Waals surface area contributed by atoms with Crippen molar-refractivity contribution in [2.24, 2.45) is 0 Å². The van der Waals surface area contributed by atoms with Crippen molar-refractivity contribution in [2.75, 3.05) is 0 Å². The number of rotatable bonds is 0. The van der Waals surface area contributed by atoms with E-state index in [-0.39, 0.29) is 11.5 Å². The number of aromatic hydroxyl groups is 2. The van der Waals surface area contributed by atoms with Crippen LogP contribution in [0.3, 0.4) is 0 Å². The zero-order valence-electron chi connectivity index (χ0n) is 12.3. The molecule has 0 saturated carbocycles. The van der Waals surface area contributed by atoms with Gasteiger partial charge in [0.05, 0.1) is 17.0 Å². The van der Waals surface area contributed by atoms with Crippen LogP contribution in [0.5, 0.6) is 11.5 Å². The van der Waals surface area contributed by atoms with Crippen molar-refractivity contribution in [3.8, 4) is 11.5 Å². The number of benzene rings is 3. The van der Waals surface area contributed by atoms with Gasteiger partial charge in [0, 0.05) is 16.8 Å². The van der Waals surface area contributed by atoms with Crippen molar-refractivity contribution in [1.82, 2.24) is 0 Å². The van der Waals surface area contributed by atoms with Gasteiger partial charge in [0.15, 0.2) is 0 Å². The minimum atomic E-state index is 0.136. The first kappa shape index (κ1) is 12.4. The molecule has 0 amide bonds. The van der Waals surface area contributed by atoms with Gasteiger partial charge in [-0.3, -0.25) is 0 Å². The van der Waals surface area contributed by atoms with E-state index in [2.05, 4.69) is 0 Å². The van der Waals surface area contributed by atoms with Crippen molar-refractivity contribution in [1.29, 1.82) is 0 Å². The first-order valence-electron chi connectivity index (χ1n) is 7.31. The Morgan fingerprint density at radius 1 is 0.783 bits per heavy atom. The Morgan fingerprint density at radius 2 is 1.65 bits per heavy atom. The lowest BCUT2D eigenvalue weighted by molar-refractivity contribution is 0.481. The standard InChI is InChI=1S/C19H12O4/c1-9-2-3-14(20)12-6-13-16(7-11(9)12)23-17-8-15-10(4-5-22-15)19(21)18(13)17/h2-8,20-21H,1H3. The van der Waals surface area contributed by atoms with Gasteiger partial charge in [0.1, 0.15) is 28.2 Å². The average Bonchev–Trinajstić information content (AvgIpc) is 3.14. The maximum Gasteiger partial charge on any atom is 0.142 e. The summed E-state index contributed by atoms with van der Waals surface area (Å²) in [7, 11) is 0. The normalized spacial score (nSPS) is 12.0. The summed E-state index contributed by atoms with van der Waals surface area (Å²) < 4.78 is 11.3. The third kappa shape index (κ3) is 1.50. The zero-order valence-corrected chi connectivity index (χ0v) is 12.3. The van der Waals surface area contributed by atoms with Crippen LogP contribution >= 0.6 is 0 Å². The molecule has 0 radical (unpaired) electrons. The van der Waals surface area contributed by atoms with Crippen LogP contribution in [0, 0.1) is 6.92 Å². The van der Waals surface area contributed by atoms with Crippen LogP contribution in [0.1, 0.15) is 5.56 Å². The molecule has 2 heterocycles. The number of phenolic OH excluding ortho intramolecular Hbond substituents is 2. The van der Waals surface area contributed by atoms with Crippen molar-refractivity contribution < 1.29 is 19.0 Å². The number of furan rings is 2. The smallest absolute Gasteiger partial charge is 0.142 e. The second-order valence-electron chi connectivity index (χ2n) is 5.83. The highest BCUT2D eigenvalue weighted by molar-refractivity contribution is 6.17. The monoisotopic (exact) mass is 304 g/mol. The molecule has 0 fully saturated rings. The molecule has 112 valence electrons. The summed E-state index contributed by atoms with van der Waals surface area (Å²) >= 11 is 0. The summed E-state index contributed by atoms with van der Waals surface area (Å²) in [6, 6.07) is 10.8. The minimum absolute atomic E-state index is 0.136. The van der Waals surface area contributed by atoms with Gasteiger partial charge in [0.25, 0.3) is 0 Å². The lowest BCUT2D eigenvalue weighted by atomic mass is 10.0. The molecule has 23 heavy (non-hydrogen) atoms. The predicted molar refractivity (Wildman–Crippen MR) is 89.1 cm³/mol. The van der Waals surface area contributed by atoms with E-state index in [1.54, 1.807) is 18.2 Å². The van der Waals surface area contributed by atoms with Gasteiger partial charge in [0.2, 0.25) is 0 Å². The molecule has 2 N–H and O–H groups in total. The Balaban J connectivity index is 2.06. The van der Waals surface area contributed by atoms with E-state index in [0.29, 0.717) is 27.5 Å². The van der Waals surface area contributed by atoms with Crippen LogP contribution in [0.2, 0.25) is 0 Å². The average molecular weight is 304 g/mol. The molecule has 0 unspecified atom stereocenters. The maximum atomic E-state index is 10.6. The molecule has 5 rings (SSSR count). The van der Waals surface area contributed by atoms with Gasteiger partial charge in [-0.2, -0.15) is 0 Å². The number of phenols is 2. The highest BCUT2D eigenvalue weighted by atomic mass is 16.3. The molecule has 0 bridgehead atoms. The third-order valence-electron chi connectivity index (χ3n) is 4.50. The molecule has 0 atom stereocenters. The van der Waals surface area contributed by atoms with Crippen LogP contribution in [0.25, 0.3) is 43.7 Å². The van der Waals surface area contributed by atoms with Crippen molar-refractivity contribution >= 4 is 43.7 Å². The van der Waals surface area contributed by atoms with E-state index >= 15 is 0 Å². The van der Waals surface area contributed by atoms with Crippen molar-refractivity contribution in [2.45, 2.75) is 6.92 Å². The molecule has 5 aromatic rings. The Labute approximate surface area is 130 Å². The van der Waals surface area contributed by atoms with Crippen LogP contribution in [0.4, 0.5) is 0 Å². The first-order chi connectivity index (χ1) is 11.1. The van der Waals surface area contributed by atoms with Gasteiger partial charge >= 0.3 is 0 Å². The zero-order chi connectivity index (χ0) is 15.7. The molecule has 3 aromatic carbocycles. The number of fused-ring (bicyclic) bond motifs is 5. The van der Waals surface area contributed by atoms with Crippen LogP contribution in [-0.4, -0.2) is 10.2 Å². The second kappa shape index (κ2) is 3.98. The molecule has 2 aromatic heterocycles. The van der Waals surface area contributed by atoms with Gasteiger partial charge < -0.3 is 19.0 Å². The van der Waals surface area contributed by atoms with Gasteiger partial charge in [-0.1, -0.05) is 6.07 Å². The summed E-state index contributed by atoms with van der Waals surface area (Å²) in [4.78, 5) is 0. The summed E-state index contributed by atoms with van der Waals surface area (Å²) in [5.74, 6) is 0.349. The van der Waals surface area contributed by atoms with Crippen molar-refractivity contribution in [3.05, 3.63) is 48.2 Å². The topological polar surface area (TPSA) is 66.7 Å². The molecule has 0 saturated heterocycles. The molecule has 0 aliphatic carbocycles. The maximum absolute atomic E-state index is 10.6. The van der Waals surface area contributed by atoms with Crippen LogP contribution < -0.4 is 0 Å². The van der Waals surface area contributed by atoms with Gasteiger partial charge in [-0.25, -0.2) is 0 Å². The third-order valence-corrected chi connectivity index (χ3v) is 4.50. The molecule has 4 nitrogen and oxygen atoms in total. The number of aryl methyl sites for hydroxylation is 1. The Hall–Kier alpha value is -3.14. The molecular formula is C19H12O4. The molecular weight excluding hydrogens is 292 g/mol. The summed E-state index contributed by atoms with van der Waals surface area (Å²) in [6.07, 6.45) is 1.54. The van der Waals surface area contributed by atoms with E-state index in [4.69, 9.17) is 8.83 Å². The highest BCUT2D eigenvalue weighted by Crippen LogP contribution is 2.43. The van der Waals surface area contributed by atoms with E-state index in [0.717, 1.165) is 21.7 Å². The lowest BCUT2D eigenvalue weighted by Gasteiger charge is -2.04. The molecule has 0 aliphatic rings. The first-order valence-corrected chi connectivity index (χ1v) is 7.31. The second-order valence-corrected chi connectivity index (χ2v) is 5.83. The summed E-state index contributed by atoms with van der Waals surface area (Å²) in [5, 5.41) is 24.5. The lowest BCUT2D eigenvalue weighted by Crippen LogP contribution is -1.80. The largest absolute Gasteiger partial charge is 0.507 e. The van der Waals surface area contributed by atoms with E-state index in [9.17, 15) is 10.2 Å². The van der Waals surface area contributed by atoms with Gasteiger partial charge in [-0.05, 0) is 42.1 Å². The SMILES string of the molecule is Cc1ccc(O)c2cc3c(cc12)oc1cc2occc2c(O)c13. The molecule has 0 spiro atoms. The number of hydrogen-bond acceptors (Lipinski definition) is 4. The highest BCUT2D eigenvalue weighted by Gasteiger charge is 2.17. The fraction of sp³-hybridized carbons (Fsp3) is 0.0526. The Kier molecular flexibility index (Phi) is 2.15. The molecule has 0 aliphatic heterocycles. The fourth-order valence-corrected chi connectivity index (χ4v) is 3.31. The fourth-order valence-electron chi connectivity index (χ4n) is 3.31. The summed E-state index contributed by atoms with van der Waals surface area (Å²) in [6.45, 7) is 1.99. The van der Waals surface area contributed by atoms with Crippen molar-refractivity contribution in [3.63, 3.8) is 0 Å². The van der Waals surface area contributed by atoms with E-state index < -0.39 is 0 Å². The van der Waals surface area contributed by atoms with Crippen LogP contribution in [0.15, 0.2) is 51.5 Å². The number of hydrogen-bond donors (Lipinski definition) is 2. The van der Waals surface area contributed by atoms with Crippen LogP contribution in [-0.2, 0) is 0 Å². The Morgan fingerprint density at radius 3 is 2.52 bits per heavy atom.